The van der Waals surface area contributed by atoms with E-state index in [4.69, 9.17) is 0 Å². The molecule has 10 heteroatoms. The Bertz CT molecular complexity index is 1130. The van der Waals surface area contributed by atoms with Crippen LogP contribution < -0.4 is 20.9 Å². The van der Waals surface area contributed by atoms with Crippen LogP contribution in [-0.4, -0.2) is 31.0 Å². The van der Waals surface area contributed by atoms with Gasteiger partial charge in [0, 0.05) is 43.7 Å². The summed E-state index contributed by atoms with van der Waals surface area (Å²) in [6.07, 6.45) is -3.15. The molecule has 0 radical (unpaired) electrons. The maximum absolute atomic E-state index is 13.6. The first-order chi connectivity index (χ1) is 15.6. The molecule has 3 amide bonds. The van der Waals surface area contributed by atoms with Crippen LogP contribution in [0, 0.1) is 0 Å². The maximum Gasteiger partial charge on any atom is 0.418 e. The quantitative estimate of drug-likeness (QED) is 0.499. The third kappa shape index (κ3) is 6.22. The first kappa shape index (κ1) is 23.6. The Kier molecular flexibility index (Phi) is 7.17. The van der Waals surface area contributed by atoms with Crippen LogP contribution in [-0.2, 0) is 12.7 Å². The van der Waals surface area contributed by atoms with Gasteiger partial charge in [0.15, 0.2) is 0 Å². The summed E-state index contributed by atoms with van der Waals surface area (Å²) in [4.78, 5) is 30.5. The zero-order valence-electron chi connectivity index (χ0n) is 17.9. The highest BCUT2D eigenvalue weighted by atomic mass is 19.4. The molecule has 0 unspecified atom stereocenters. The van der Waals surface area contributed by atoms with Crippen molar-refractivity contribution in [2.45, 2.75) is 12.7 Å². The summed E-state index contributed by atoms with van der Waals surface area (Å²) in [5.74, 6) is 0.0858. The molecule has 0 bridgehead atoms. The van der Waals surface area contributed by atoms with Gasteiger partial charge in [-0.2, -0.15) is 13.2 Å². The molecule has 2 aromatic carbocycles. The van der Waals surface area contributed by atoms with Gasteiger partial charge in [-0.15, -0.1) is 0 Å². The molecule has 0 aliphatic rings. The normalized spacial score (nSPS) is 10.9. The molecule has 3 N–H and O–H groups in total. The van der Waals surface area contributed by atoms with E-state index in [1.165, 1.54) is 6.07 Å². The molecule has 1 aromatic heterocycles. The standard InChI is InChI=1S/C23H22F3N5O2/c1-31(2)20-16(9-6-12-27-20)14-28-22(33)30-19-11-10-17(13-18(19)23(24,25)26)29-21(32)15-7-4-3-5-8-15/h3-13H,14H2,1-2H3,(H,29,32)(H2,28,30,33). The number of carbonyl (C=O) groups excluding carboxylic acids is 2. The summed E-state index contributed by atoms with van der Waals surface area (Å²) < 4.78 is 40.9. The van der Waals surface area contributed by atoms with Gasteiger partial charge in [0.2, 0.25) is 0 Å². The number of benzene rings is 2. The number of aromatic nitrogens is 1. The van der Waals surface area contributed by atoms with Crippen LogP contribution in [0.4, 0.5) is 35.2 Å². The lowest BCUT2D eigenvalue weighted by Gasteiger charge is -2.18. The first-order valence-electron chi connectivity index (χ1n) is 9.89. The molecule has 172 valence electrons. The molecular weight excluding hydrogens is 435 g/mol. The lowest BCUT2D eigenvalue weighted by atomic mass is 10.1. The highest BCUT2D eigenvalue weighted by Gasteiger charge is 2.34. The van der Waals surface area contributed by atoms with Gasteiger partial charge in [-0.3, -0.25) is 4.79 Å². The Labute approximate surface area is 188 Å². The minimum atomic E-state index is -4.75. The summed E-state index contributed by atoms with van der Waals surface area (Å²) >= 11 is 0. The SMILES string of the molecule is CN(C)c1ncccc1CNC(=O)Nc1ccc(NC(=O)c2ccccc2)cc1C(F)(F)F. The molecule has 0 spiro atoms. The van der Waals surface area contributed by atoms with Crippen molar-refractivity contribution in [3.8, 4) is 0 Å². The Balaban J connectivity index is 1.73. The summed E-state index contributed by atoms with van der Waals surface area (Å²) in [6.45, 7) is 0.0692. The number of amides is 3. The summed E-state index contributed by atoms with van der Waals surface area (Å²) in [6, 6.07) is 13.9. The van der Waals surface area contributed by atoms with Crippen LogP contribution in [0.1, 0.15) is 21.5 Å². The molecule has 33 heavy (non-hydrogen) atoms. The van der Waals surface area contributed by atoms with Crippen LogP contribution in [0.3, 0.4) is 0 Å². The van der Waals surface area contributed by atoms with Crippen molar-refractivity contribution in [1.29, 1.82) is 0 Å². The van der Waals surface area contributed by atoms with Gasteiger partial charge in [-0.25, -0.2) is 9.78 Å². The molecular formula is C23H22F3N5O2. The average Bonchev–Trinajstić information content (AvgIpc) is 2.78. The third-order valence-electron chi connectivity index (χ3n) is 4.60. The van der Waals surface area contributed by atoms with E-state index in [1.54, 1.807) is 67.7 Å². The van der Waals surface area contributed by atoms with E-state index in [-0.39, 0.29) is 12.2 Å². The fourth-order valence-corrected chi connectivity index (χ4v) is 3.07. The first-order valence-corrected chi connectivity index (χ1v) is 9.89. The number of rotatable bonds is 6. The number of nitrogens with zero attached hydrogens (tertiary/aromatic N) is 2. The second-order valence-electron chi connectivity index (χ2n) is 7.27. The van der Waals surface area contributed by atoms with Gasteiger partial charge in [0.25, 0.3) is 5.91 Å². The lowest BCUT2D eigenvalue weighted by Crippen LogP contribution is -2.30. The minimum Gasteiger partial charge on any atom is -0.362 e. The van der Waals surface area contributed by atoms with E-state index in [2.05, 4.69) is 20.9 Å². The monoisotopic (exact) mass is 457 g/mol. The predicted octanol–water partition coefficient (Wildman–Crippen LogP) is 4.74. The fourth-order valence-electron chi connectivity index (χ4n) is 3.07. The second kappa shape index (κ2) is 10.0. The maximum atomic E-state index is 13.6. The van der Waals surface area contributed by atoms with E-state index >= 15 is 0 Å². The van der Waals surface area contributed by atoms with Gasteiger partial charge in [0.05, 0.1) is 11.3 Å². The number of pyridine rings is 1. The van der Waals surface area contributed by atoms with Crippen molar-refractivity contribution in [2.75, 3.05) is 29.6 Å². The number of hydrogen-bond donors (Lipinski definition) is 3. The van der Waals surface area contributed by atoms with Crippen LogP contribution in [0.2, 0.25) is 0 Å². The van der Waals surface area contributed by atoms with Crippen molar-refractivity contribution in [1.82, 2.24) is 10.3 Å². The highest BCUT2D eigenvalue weighted by Crippen LogP contribution is 2.36. The van der Waals surface area contributed by atoms with Gasteiger partial charge in [-0.05, 0) is 36.4 Å². The smallest absolute Gasteiger partial charge is 0.362 e. The number of halogens is 3. The number of carbonyl (C=O) groups is 2. The molecule has 0 saturated heterocycles. The van der Waals surface area contributed by atoms with Crippen molar-refractivity contribution in [2.24, 2.45) is 0 Å². The molecule has 3 aromatic rings. The van der Waals surface area contributed by atoms with E-state index in [0.29, 0.717) is 16.9 Å². The number of nitrogens with one attached hydrogen (secondary N) is 3. The van der Waals surface area contributed by atoms with Crippen LogP contribution in [0.25, 0.3) is 0 Å². The largest absolute Gasteiger partial charge is 0.418 e. The second-order valence-corrected chi connectivity index (χ2v) is 7.27. The zero-order chi connectivity index (χ0) is 24.0. The summed E-state index contributed by atoms with van der Waals surface area (Å²) in [5, 5.41) is 7.20. The fraction of sp³-hybridized carbons (Fsp3) is 0.174. The van der Waals surface area contributed by atoms with E-state index in [0.717, 1.165) is 12.1 Å². The Morgan fingerprint density at radius 1 is 0.970 bits per heavy atom. The van der Waals surface area contributed by atoms with Crippen molar-refractivity contribution < 1.29 is 22.8 Å². The number of alkyl halides is 3. The predicted molar refractivity (Wildman–Crippen MR) is 120 cm³/mol. The van der Waals surface area contributed by atoms with Crippen molar-refractivity contribution in [3.63, 3.8) is 0 Å². The lowest BCUT2D eigenvalue weighted by molar-refractivity contribution is -0.136. The zero-order valence-corrected chi connectivity index (χ0v) is 17.9. The Hall–Kier alpha value is -4.08. The Morgan fingerprint density at radius 3 is 2.36 bits per heavy atom. The molecule has 0 atom stereocenters. The van der Waals surface area contributed by atoms with Gasteiger partial charge >= 0.3 is 12.2 Å². The van der Waals surface area contributed by atoms with Crippen LogP contribution >= 0.6 is 0 Å². The molecule has 3 rings (SSSR count). The number of hydrogen-bond acceptors (Lipinski definition) is 4. The van der Waals surface area contributed by atoms with Crippen molar-refractivity contribution >= 4 is 29.1 Å². The highest BCUT2D eigenvalue weighted by molar-refractivity contribution is 6.04. The molecule has 0 saturated carbocycles. The number of urea groups is 1. The third-order valence-corrected chi connectivity index (χ3v) is 4.60. The van der Waals surface area contributed by atoms with Gasteiger partial charge in [0.1, 0.15) is 5.82 Å². The summed E-state index contributed by atoms with van der Waals surface area (Å²) in [7, 11) is 3.58. The Morgan fingerprint density at radius 2 is 1.70 bits per heavy atom. The van der Waals surface area contributed by atoms with Crippen LogP contribution in [0.5, 0.6) is 0 Å². The molecule has 0 fully saturated rings. The van der Waals surface area contributed by atoms with E-state index in [1.807, 2.05) is 0 Å². The number of anilines is 3. The summed E-state index contributed by atoms with van der Waals surface area (Å²) in [5.41, 5.74) is -0.559. The van der Waals surface area contributed by atoms with E-state index in [9.17, 15) is 22.8 Å². The van der Waals surface area contributed by atoms with Gasteiger partial charge < -0.3 is 20.9 Å². The molecule has 0 aliphatic carbocycles. The minimum absolute atomic E-state index is 0.0480. The van der Waals surface area contributed by atoms with Crippen molar-refractivity contribution in [3.05, 3.63) is 83.6 Å². The van der Waals surface area contributed by atoms with E-state index < -0.39 is 29.4 Å². The van der Waals surface area contributed by atoms with Crippen LogP contribution in [0.15, 0.2) is 66.9 Å². The van der Waals surface area contributed by atoms with Gasteiger partial charge in [-0.1, -0.05) is 24.3 Å². The topological polar surface area (TPSA) is 86.4 Å². The molecule has 0 aliphatic heterocycles. The molecule has 7 nitrogen and oxygen atoms in total. The average molecular weight is 457 g/mol. The molecule has 1 heterocycles.